The van der Waals surface area contributed by atoms with Crippen molar-refractivity contribution in [3.05, 3.63) is 258 Å². The van der Waals surface area contributed by atoms with E-state index in [0.717, 1.165) is 22.7 Å². The number of para-hydroxylation sites is 4. The van der Waals surface area contributed by atoms with E-state index in [1.807, 2.05) is 0 Å². The van der Waals surface area contributed by atoms with Crippen molar-refractivity contribution >= 4 is 79.7 Å². The standard InChI is InChI=1S/C65H50N2Si/c1-43-19-11-16-28-60(43)66(48-21-7-5-8-22-48)50-34-31-45-41-56-54-36-32-46-39-51(67(49-23-9-6-10-24-49)61-29-17-18-30-62(61)68(2,3)4)35-37-53(46)64(54)65(59(56)42-47(45)40-50)57-27-15-14-26-55(57)63-52-25-13-12-20-44(52)33-38-58(63)65/h5-42H,1-4H3. The van der Waals surface area contributed by atoms with Crippen LogP contribution in [-0.2, 0) is 5.41 Å². The molecular weight excluding hydrogens is 837 g/mol. The van der Waals surface area contributed by atoms with Crippen LogP contribution in [0.1, 0.15) is 27.8 Å². The number of anilines is 6. The summed E-state index contributed by atoms with van der Waals surface area (Å²) in [5.74, 6) is 0. The molecule has 11 aromatic rings. The van der Waals surface area contributed by atoms with Crippen LogP contribution in [0.4, 0.5) is 34.1 Å². The Morgan fingerprint density at radius 3 is 1.72 bits per heavy atom. The topological polar surface area (TPSA) is 6.48 Å². The second-order valence-corrected chi connectivity index (χ2v) is 24.8. The number of hydrogen-bond donors (Lipinski definition) is 0. The van der Waals surface area contributed by atoms with Crippen molar-refractivity contribution in [1.82, 2.24) is 0 Å². The Hall–Kier alpha value is -7.98. The Morgan fingerprint density at radius 1 is 0.353 bits per heavy atom. The molecule has 1 spiro atoms. The van der Waals surface area contributed by atoms with Gasteiger partial charge in [0, 0.05) is 34.1 Å². The fourth-order valence-corrected chi connectivity index (χ4v) is 13.5. The van der Waals surface area contributed by atoms with E-state index in [0.29, 0.717) is 0 Å². The molecule has 2 aliphatic carbocycles. The van der Waals surface area contributed by atoms with Gasteiger partial charge in [0.2, 0.25) is 0 Å². The van der Waals surface area contributed by atoms with Crippen molar-refractivity contribution in [2.45, 2.75) is 32.0 Å². The van der Waals surface area contributed by atoms with Crippen molar-refractivity contribution < 1.29 is 0 Å². The Labute approximate surface area is 400 Å². The minimum atomic E-state index is -1.73. The Bertz CT molecular complexity index is 3810. The average Bonchev–Trinajstić information content (AvgIpc) is 3.84. The summed E-state index contributed by atoms with van der Waals surface area (Å²) >= 11 is 0. The van der Waals surface area contributed by atoms with E-state index in [4.69, 9.17) is 0 Å². The molecule has 0 N–H and O–H groups in total. The SMILES string of the molecule is Cc1ccccc1N(c1ccccc1)c1ccc2cc3c(cc2c1)C1(c2ccccc2-c2c1ccc1ccccc21)c1c-3ccc2cc(N(c3ccccc3)c3ccccc3[Si](C)(C)C)ccc12. The van der Waals surface area contributed by atoms with E-state index < -0.39 is 13.5 Å². The van der Waals surface area contributed by atoms with Crippen LogP contribution in [0.15, 0.2) is 231 Å². The van der Waals surface area contributed by atoms with Crippen LogP contribution in [0.3, 0.4) is 0 Å². The van der Waals surface area contributed by atoms with Crippen molar-refractivity contribution in [3.63, 3.8) is 0 Å². The normalized spacial score (nSPS) is 14.5. The molecule has 1 atom stereocenters. The fourth-order valence-electron chi connectivity index (χ4n) is 11.9. The first-order valence-corrected chi connectivity index (χ1v) is 27.4. The number of hydrogen-bond acceptors (Lipinski definition) is 2. The number of rotatable bonds is 7. The molecule has 68 heavy (non-hydrogen) atoms. The molecule has 1 unspecified atom stereocenters. The molecule has 2 aliphatic rings. The first-order chi connectivity index (χ1) is 33.3. The van der Waals surface area contributed by atoms with E-state index >= 15 is 0 Å². The molecule has 0 aliphatic heterocycles. The summed E-state index contributed by atoms with van der Waals surface area (Å²) in [6.07, 6.45) is 0. The molecule has 13 rings (SSSR count). The molecule has 0 fully saturated rings. The van der Waals surface area contributed by atoms with Gasteiger partial charge in [-0.05, 0) is 167 Å². The minimum Gasteiger partial charge on any atom is -0.311 e. The van der Waals surface area contributed by atoms with E-state index in [2.05, 4.69) is 267 Å². The third-order valence-corrected chi connectivity index (χ3v) is 16.9. The van der Waals surface area contributed by atoms with Crippen LogP contribution < -0.4 is 15.0 Å². The maximum Gasteiger partial charge on any atom is 0.0803 e. The van der Waals surface area contributed by atoms with E-state index in [1.54, 1.807) is 0 Å². The highest BCUT2D eigenvalue weighted by Crippen LogP contribution is 2.65. The molecule has 2 nitrogen and oxygen atoms in total. The molecule has 0 aromatic heterocycles. The number of fused-ring (bicyclic) bond motifs is 15. The zero-order valence-electron chi connectivity index (χ0n) is 38.8. The van der Waals surface area contributed by atoms with Gasteiger partial charge in [-0.15, -0.1) is 0 Å². The molecule has 0 heterocycles. The monoisotopic (exact) mass is 886 g/mol. The van der Waals surface area contributed by atoms with Crippen LogP contribution in [-0.4, -0.2) is 8.07 Å². The fraction of sp³-hybridized carbons (Fsp3) is 0.0769. The summed E-state index contributed by atoms with van der Waals surface area (Å²) in [7, 11) is -1.73. The van der Waals surface area contributed by atoms with Gasteiger partial charge < -0.3 is 9.80 Å². The van der Waals surface area contributed by atoms with Crippen LogP contribution in [0.2, 0.25) is 19.6 Å². The Balaban J connectivity index is 1.09. The van der Waals surface area contributed by atoms with Gasteiger partial charge in [0.25, 0.3) is 0 Å². The van der Waals surface area contributed by atoms with E-state index in [9.17, 15) is 0 Å². The maximum atomic E-state index is 2.54. The molecule has 3 heteroatoms. The largest absolute Gasteiger partial charge is 0.311 e. The van der Waals surface area contributed by atoms with Gasteiger partial charge in [0.1, 0.15) is 0 Å². The zero-order chi connectivity index (χ0) is 45.7. The van der Waals surface area contributed by atoms with Crippen molar-refractivity contribution in [1.29, 1.82) is 0 Å². The predicted octanol–water partition coefficient (Wildman–Crippen LogP) is 17.3. The second kappa shape index (κ2) is 15.3. The van der Waals surface area contributed by atoms with Crippen LogP contribution >= 0.6 is 0 Å². The van der Waals surface area contributed by atoms with Gasteiger partial charge in [0.15, 0.2) is 0 Å². The van der Waals surface area contributed by atoms with Gasteiger partial charge >= 0.3 is 0 Å². The Morgan fingerprint density at radius 2 is 0.956 bits per heavy atom. The first-order valence-electron chi connectivity index (χ1n) is 23.9. The lowest BCUT2D eigenvalue weighted by molar-refractivity contribution is 0.803. The smallest absolute Gasteiger partial charge is 0.0803 e. The van der Waals surface area contributed by atoms with E-state index in [-0.39, 0.29) is 0 Å². The second-order valence-electron chi connectivity index (χ2n) is 19.7. The number of aryl methyl sites for hydroxylation is 1. The molecule has 324 valence electrons. The highest BCUT2D eigenvalue weighted by atomic mass is 28.3. The minimum absolute atomic E-state index is 0.565. The van der Waals surface area contributed by atoms with Crippen LogP contribution in [0.25, 0.3) is 54.6 Å². The first kappa shape index (κ1) is 40.3. The Kier molecular flexibility index (Phi) is 9.06. The third kappa shape index (κ3) is 5.95. The molecule has 0 saturated heterocycles. The lowest BCUT2D eigenvalue weighted by Crippen LogP contribution is -2.40. The summed E-state index contributed by atoms with van der Waals surface area (Å²) in [5.41, 5.74) is 18.4. The van der Waals surface area contributed by atoms with Gasteiger partial charge in [-0.2, -0.15) is 0 Å². The summed E-state index contributed by atoms with van der Waals surface area (Å²) in [6, 6.07) is 86.6. The van der Waals surface area contributed by atoms with Gasteiger partial charge in [0.05, 0.1) is 13.5 Å². The van der Waals surface area contributed by atoms with Gasteiger partial charge in [-0.3, -0.25) is 0 Å². The summed E-state index contributed by atoms with van der Waals surface area (Å²) in [5, 5.41) is 8.97. The van der Waals surface area contributed by atoms with Crippen molar-refractivity contribution in [3.8, 4) is 22.3 Å². The summed E-state index contributed by atoms with van der Waals surface area (Å²) in [6.45, 7) is 9.55. The number of nitrogens with zero attached hydrogens (tertiary/aromatic N) is 2. The van der Waals surface area contributed by atoms with Crippen LogP contribution in [0, 0.1) is 6.92 Å². The van der Waals surface area contributed by atoms with E-state index in [1.165, 1.54) is 98.9 Å². The lowest BCUT2D eigenvalue weighted by atomic mass is 9.69. The molecule has 0 radical (unpaired) electrons. The van der Waals surface area contributed by atoms with Crippen molar-refractivity contribution in [2.75, 3.05) is 9.80 Å². The van der Waals surface area contributed by atoms with Gasteiger partial charge in [-0.1, -0.05) is 177 Å². The van der Waals surface area contributed by atoms with Crippen LogP contribution in [0.5, 0.6) is 0 Å². The quantitative estimate of drug-likeness (QED) is 0.147. The average molecular weight is 887 g/mol. The van der Waals surface area contributed by atoms with Gasteiger partial charge in [-0.25, -0.2) is 0 Å². The molecule has 0 bridgehead atoms. The third-order valence-electron chi connectivity index (χ3n) is 14.8. The highest BCUT2D eigenvalue weighted by Gasteiger charge is 2.53. The lowest BCUT2D eigenvalue weighted by Gasteiger charge is -2.33. The zero-order valence-corrected chi connectivity index (χ0v) is 39.8. The molecule has 11 aromatic carbocycles. The highest BCUT2D eigenvalue weighted by molar-refractivity contribution is 6.89. The molecule has 0 saturated carbocycles. The number of benzene rings is 11. The summed E-state index contributed by atoms with van der Waals surface area (Å²) in [4.78, 5) is 4.89. The maximum absolute atomic E-state index is 2.54. The molecule has 0 amide bonds. The summed E-state index contributed by atoms with van der Waals surface area (Å²) < 4.78 is 0. The molecular formula is C65H50N2Si. The predicted molar refractivity (Wildman–Crippen MR) is 292 cm³/mol. The van der Waals surface area contributed by atoms with Crippen molar-refractivity contribution in [2.24, 2.45) is 0 Å².